The SMILES string of the molecule is Cc1c(F)cc2sccc2c1Cl. The van der Waals surface area contributed by atoms with Gasteiger partial charge in [0.15, 0.2) is 0 Å². The predicted molar refractivity (Wildman–Crippen MR) is 51.5 cm³/mol. The average Bonchev–Trinajstić information content (AvgIpc) is 2.48. The van der Waals surface area contributed by atoms with E-state index in [9.17, 15) is 4.39 Å². The number of halogens is 2. The molecule has 0 nitrogen and oxygen atoms in total. The van der Waals surface area contributed by atoms with Crippen LogP contribution in [0.1, 0.15) is 5.56 Å². The van der Waals surface area contributed by atoms with Crippen molar-refractivity contribution in [3.8, 4) is 0 Å². The van der Waals surface area contributed by atoms with Crippen LogP contribution in [0.4, 0.5) is 4.39 Å². The molecule has 0 aliphatic heterocycles. The lowest BCUT2D eigenvalue weighted by Crippen LogP contribution is -1.82. The van der Waals surface area contributed by atoms with Crippen LogP contribution < -0.4 is 0 Å². The minimum Gasteiger partial charge on any atom is -0.207 e. The highest BCUT2D eigenvalue weighted by molar-refractivity contribution is 7.17. The van der Waals surface area contributed by atoms with Gasteiger partial charge in [0.25, 0.3) is 0 Å². The van der Waals surface area contributed by atoms with E-state index in [2.05, 4.69) is 0 Å². The summed E-state index contributed by atoms with van der Waals surface area (Å²) < 4.78 is 14.0. The van der Waals surface area contributed by atoms with Gasteiger partial charge in [-0.25, -0.2) is 4.39 Å². The van der Waals surface area contributed by atoms with Crippen molar-refractivity contribution in [2.45, 2.75) is 6.92 Å². The smallest absolute Gasteiger partial charge is 0.129 e. The lowest BCUT2D eigenvalue weighted by atomic mass is 10.2. The van der Waals surface area contributed by atoms with E-state index in [1.807, 2.05) is 11.4 Å². The minimum atomic E-state index is -0.227. The van der Waals surface area contributed by atoms with Gasteiger partial charge in [-0.3, -0.25) is 0 Å². The molecule has 0 fully saturated rings. The zero-order valence-electron chi connectivity index (χ0n) is 6.40. The van der Waals surface area contributed by atoms with E-state index in [1.54, 1.807) is 6.92 Å². The monoisotopic (exact) mass is 200 g/mol. The molecular formula is C9H6ClFS. The van der Waals surface area contributed by atoms with Gasteiger partial charge in [0.2, 0.25) is 0 Å². The van der Waals surface area contributed by atoms with E-state index in [1.165, 1.54) is 17.4 Å². The first-order valence-electron chi connectivity index (χ1n) is 3.52. The molecular weight excluding hydrogens is 195 g/mol. The van der Waals surface area contributed by atoms with Crippen molar-refractivity contribution in [2.24, 2.45) is 0 Å². The van der Waals surface area contributed by atoms with E-state index < -0.39 is 0 Å². The second kappa shape index (κ2) is 2.71. The molecule has 12 heavy (non-hydrogen) atoms. The summed E-state index contributed by atoms with van der Waals surface area (Å²) in [5, 5.41) is 3.39. The summed E-state index contributed by atoms with van der Waals surface area (Å²) in [5.41, 5.74) is 0.530. The molecule has 0 radical (unpaired) electrons. The first-order chi connectivity index (χ1) is 5.70. The summed E-state index contributed by atoms with van der Waals surface area (Å²) in [6.45, 7) is 1.69. The van der Waals surface area contributed by atoms with E-state index in [-0.39, 0.29) is 5.82 Å². The van der Waals surface area contributed by atoms with Crippen molar-refractivity contribution < 1.29 is 4.39 Å². The van der Waals surface area contributed by atoms with Gasteiger partial charge in [0, 0.05) is 15.6 Å². The molecule has 3 heteroatoms. The molecule has 1 aromatic heterocycles. The Labute approximate surface area is 78.6 Å². The second-order valence-corrected chi connectivity index (χ2v) is 3.96. The van der Waals surface area contributed by atoms with Crippen LogP contribution in [-0.4, -0.2) is 0 Å². The lowest BCUT2D eigenvalue weighted by Gasteiger charge is -2.00. The summed E-state index contributed by atoms with van der Waals surface area (Å²) in [6, 6.07) is 3.44. The van der Waals surface area contributed by atoms with Crippen LogP contribution in [0.2, 0.25) is 5.02 Å². The minimum absolute atomic E-state index is 0.227. The first-order valence-corrected chi connectivity index (χ1v) is 4.77. The Morgan fingerprint density at radius 2 is 2.25 bits per heavy atom. The molecule has 0 amide bonds. The Kier molecular flexibility index (Phi) is 1.81. The van der Waals surface area contributed by atoms with Gasteiger partial charge in [-0.1, -0.05) is 11.6 Å². The Hall–Kier alpha value is -0.600. The zero-order chi connectivity index (χ0) is 8.72. The number of hydrogen-bond acceptors (Lipinski definition) is 1. The van der Waals surface area contributed by atoms with Gasteiger partial charge < -0.3 is 0 Å². The van der Waals surface area contributed by atoms with Crippen LogP contribution in [-0.2, 0) is 0 Å². The Morgan fingerprint density at radius 3 is 3.00 bits per heavy atom. The number of rotatable bonds is 0. The quantitative estimate of drug-likeness (QED) is 0.603. The molecule has 0 aliphatic carbocycles. The molecule has 62 valence electrons. The third-order valence-corrected chi connectivity index (χ3v) is 3.23. The molecule has 0 N–H and O–H groups in total. The molecule has 2 rings (SSSR count). The van der Waals surface area contributed by atoms with Crippen LogP contribution in [0.15, 0.2) is 17.5 Å². The summed E-state index contributed by atoms with van der Waals surface area (Å²) in [7, 11) is 0. The van der Waals surface area contributed by atoms with Crippen LogP contribution in [0.3, 0.4) is 0 Å². The third kappa shape index (κ3) is 1.03. The van der Waals surface area contributed by atoms with Gasteiger partial charge in [-0.2, -0.15) is 0 Å². The maximum Gasteiger partial charge on any atom is 0.129 e. The summed E-state index contributed by atoms with van der Waals surface area (Å²) in [4.78, 5) is 0. The third-order valence-electron chi connectivity index (χ3n) is 1.88. The molecule has 0 atom stereocenters. The predicted octanol–water partition coefficient (Wildman–Crippen LogP) is 4.00. The molecule has 2 aromatic rings. The molecule has 0 saturated carbocycles. The largest absolute Gasteiger partial charge is 0.207 e. The first kappa shape index (κ1) is 8.02. The fraction of sp³-hybridized carbons (Fsp3) is 0.111. The van der Waals surface area contributed by atoms with E-state index in [4.69, 9.17) is 11.6 Å². The molecule has 0 unspecified atom stereocenters. The fourth-order valence-electron chi connectivity index (χ4n) is 1.14. The molecule has 1 aromatic carbocycles. The number of fused-ring (bicyclic) bond motifs is 1. The maximum atomic E-state index is 13.1. The topological polar surface area (TPSA) is 0 Å². The highest BCUT2D eigenvalue weighted by Crippen LogP contribution is 2.32. The Balaban J connectivity index is 2.94. The molecule has 0 bridgehead atoms. The summed E-state index contributed by atoms with van der Waals surface area (Å²) in [6.07, 6.45) is 0. The molecule has 0 saturated heterocycles. The summed E-state index contributed by atoms with van der Waals surface area (Å²) >= 11 is 7.44. The van der Waals surface area contributed by atoms with Gasteiger partial charge in [0.1, 0.15) is 5.82 Å². The van der Waals surface area contributed by atoms with Crippen LogP contribution in [0.5, 0.6) is 0 Å². The highest BCUT2D eigenvalue weighted by atomic mass is 35.5. The second-order valence-electron chi connectivity index (χ2n) is 2.63. The van der Waals surface area contributed by atoms with Crippen LogP contribution in [0, 0.1) is 12.7 Å². The van der Waals surface area contributed by atoms with Crippen molar-refractivity contribution in [3.05, 3.63) is 33.9 Å². The van der Waals surface area contributed by atoms with Crippen molar-refractivity contribution in [2.75, 3.05) is 0 Å². The molecule has 1 heterocycles. The lowest BCUT2D eigenvalue weighted by molar-refractivity contribution is 0.621. The zero-order valence-corrected chi connectivity index (χ0v) is 7.97. The number of hydrogen-bond donors (Lipinski definition) is 0. The molecule has 0 aliphatic rings. The Morgan fingerprint density at radius 1 is 1.50 bits per heavy atom. The normalized spacial score (nSPS) is 10.9. The highest BCUT2D eigenvalue weighted by Gasteiger charge is 2.08. The van der Waals surface area contributed by atoms with Gasteiger partial charge in [0.05, 0.1) is 5.02 Å². The van der Waals surface area contributed by atoms with Crippen LogP contribution >= 0.6 is 22.9 Å². The van der Waals surface area contributed by atoms with E-state index >= 15 is 0 Å². The van der Waals surface area contributed by atoms with E-state index in [0.717, 1.165) is 10.1 Å². The molecule has 0 spiro atoms. The van der Waals surface area contributed by atoms with Crippen molar-refractivity contribution in [3.63, 3.8) is 0 Å². The van der Waals surface area contributed by atoms with Crippen molar-refractivity contribution in [1.29, 1.82) is 0 Å². The van der Waals surface area contributed by atoms with E-state index in [0.29, 0.717) is 10.6 Å². The Bertz CT molecular complexity index is 433. The number of thiophene rings is 1. The van der Waals surface area contributed by atoms with Crippen molar-refractivity contribution in [1.82, 2.24) is 0 Å². The van der Waals surface area contributed by atoms with Gasteiger partial charge in [-0.05, 0) is 24.4 Å². The standard InChI is InChI=1S/C9H6ClFS/c1-5-7(11)4-8-6(9(5)10)2-3-12-8/h2-4H,1H3. The van der Waals surface area contributed by atoms with Crippen LogP contribution in [0.25, 0.3) is 10.1 Å². The summed E-state index contributed by atoms with van der Waals surface area (Å²) in [5.74, 6) is -0.227. The maximum absolute atomic E-state index is 13.1. The van der Waals surface area contributed by atoms with Gasteiger partial charge >= 0.3 is 0 Å². The van der Waals surface area contributed by atoms with Crippen molar-refractivity contribution >= 4 is 33.0 Å². The average molecular weight is 201 g/mol. The fourth-order valence-corrected chi connectivity index (χ4v) is 2.27. The number of benzene rings is 1. The van der Waals surface area contributed by atoms with Gasteiger partial charge in [-0.15, -0.1) is 11.3 Å².